The van der Waals surface area contributed by atoms with Crippen molar-refractivity contribution >= 4 is 11.6 Å². The van der Waals surface area contributed by atoms with Gasteiger partial charge in [-0.05, 0) is 30.5 Å². The van der Waals surface area contributed by atoms with Crippen LogP contribution in [-0.2, 0) is 4.74 Å². The molecule has 0 bridgehead atoms. The van der Waals surface area contributed by atoms with Gasteiger partial charge in [-0.3, -0.25) is 0 Å². The number of rotatable bonds is 5. The first-order chi connectivity index (χ1) is 8.70. The molecule has 0 saturated carbocycles. The molecule has 1 aliphatic heterocycles. The number of nitrogens with one attached hydrogen (secondary N) is 1. The second-order valence-corrected chi connectivity index (χ2v) is 4.91. The molecule has 5 heteroatoms. The van der Waals surface area contributed by atoms with E-state index in [1.54, 1.807) is 12.1 Å². The molecule has 0 amide bonds. The summed E-state index contributed by atoms with van der Waals surface area (Å²) in [6.07, 6.45) is 2.42. The molecule has 0 aliphatic carbocycles. The van der Waals surface area contributed by atoms with Gasteiger partial charge in [-0.1, -0.05) is 17.7 Å². The molecule has 1 aliphatic rings. The van der Waals surface area contributed by atoms with Crippen LogP contribution in [-0.4, -0.2) is 25.8 Å². The Hall–Kier alpha value is -0.680. The van der Waals surface area contributed by atoms with E-state index in [2.05, 4.69) is 5.32 Å². The summed E-state index contributed by atoms with van der Waals surface area (Å²) in [6, 6.07) is 4.72. The summed E-state index contributed by atoms with van der Waals surface area (Å²) in [7, 11) is 0. The highest BCUT2D eigenvalue weighted by Crippen LogP contribution is 2.20. The Morgan fingerprint density at radius 1 is 1.56 bits per heavy atom. The van der Waals surface area contributed by atoms with Crippen molar-refractivity contribution in [1.82, 2.24) is 5.32 Å². The van der Waals surface area contributed by atoms with Gasteiger partial charge in [-0.15, -0.1) is 0 Å². The lowest BCUT2D eigenvalue weighted by Gasteiger charge is -2.20. The molecule has 2 atom stereocenters. The van der Waals surface area contributed by atoms with E-state index in [-0.39, 0.29) is 17.2 Å². The second kappa shape index (κ2) is 6.48. The van der Waals surface area contributed by atoms with Gasteiger partial charge in [0.25, 0.3) is 0 Å². The van der Waals surface area contributed by atoms with Crippen molar-refractivity contribution in [2.45, 2.75) is 25.0 Å². The molecule has 1 saturated heterocycles. The zero-order valence-corrected chi connectivity index (χ0v) is 10.9. The number of halogens is 2. The summed E-state index contributed by atoms with van der Waals surface area (Å²) in [4.78, 5) is 0. The first-order valence-corrected chi connectivity index (χ1v) is 6.58. The lowest BCUT2D eigenvalue weighted by Crippen LogP contribution is -2.34. The molecule has 3 N–H and O–H groups in total. The summed E-state index contributed by atoms with van der Waals surface area (Å²) in [6.45, 7) is 1.98. The monoisotopic (exact) mass is 272 g/mol. The van der Waals surface area contributed by atoms with Gasteiger partial charge >= 0.3 is 0 Å². The first-order valence-electron chi connectivity index (χ1n) is 6.20. The van der Waals surface area contributed by atoms with Gasteiger partial charge < -0.3 is 15.8 Å². The summed E-state index contributed by atoms with van der Waals surface area (Å²) < 4.78 is 18.9. The maximum Gasteiger partial charge on any atom is 0.142 e. The van der Waals surface area contributed by atoms with Crippen LogP contribution in [0, 0.1) is 5.82 Å². The fourth-order valence-electron chi connectivity index (χ4n) is 2.15. The van der Waals surface area contributed by atoms with Crippen molar-refractivity contribution in [3.63, 3.8) is 0 Å². The summed E-state index contributed by atoms with van der Waals surface area (Å²) in [5.41, 5.74) is 6.54. The second-order valence-electron chi connectivity index (χ2n) is 4.51. The predicted molar refractivity (Wildman–Crippen MR) is 70.2 cm³/mol. The summed E-state index contributed by atoms with van der Waals surface area (Å²) in [5, 5.41) is 3.45. The number of hydrogen-bond acceptors (Lipinski definition) is 3. The lowest BCUT2D eigenvalue weighted by molar-refractivity contribution is 0.107. The Kier molecular flexibility index (Phi) is 4.95. The average Bonchev–Trinajstić information content (AvgIpc) is 2.87. The Bertz CT molecular complexity index is 397. The third-order valence-electron chi connectivity index (χ3n) is 3.20. The van der Waals surface area contributed by atoms with E-state index in [9.17, 15) is 4.39 Å². The van der Waals surface area contributed by atoms with Crippen LogP contribution in [0.15, 0.2) is 18.2 Å². The third kappa shape index (κ3) is 3.42. The Labute approximate surface area is 111 Å². The van der Waals surface area contributed by atoms with Gasteiger partial charge in [0, 0.05) is 25.7 Å². The molecular formula is C13H18ClFN2O. The van der Waals surface area contributed by atoms with E-state index < -0.39 is 5.82 Å². The van der Waals surface area contributed by atoms with E-state index in [1.165, 1.54) is 6.07 Å². The maximum absolute atomic E-state index is 13.4. The van der Waals surface area contributed by atoms with Crippen LogP contribution in [0.2, 0.25) is 5.02 Å². The fraction of sp³-hybridized carbons (Fsp3) is 0.538. The highest BCUT2D eigenvalue weighted by molar-refractivity contribution is 6.30. The summed E-state index contributed by atoms with van der Waals surface area (Å²) >= 11 is 5.66. The molecule has 0 radical (unpaired) electrons. The standard InChI is InChI=1S/C13H18ClFN2O/c14-11-4-3-9(6-12(11)15)13(7-16)17-8-10-2-1-5-18-10/h3-4,6,10,13,17H,1-2,5,7-8,16H2. The van der Waals surface area contributed by atoms with E-state index in [0.29, 0.717) is 6.54 Å². The van der Waals surface area contributed by atoms with E-state index >= 15 is 0 Å². The smallest absolute Gasteiger partial charge is 0.142 e. The number of nitrogens with two attached hydrogens (primary N) is 1. The quantitative estimate of drug-likeness (QED) is 0.864. The summed E-state index contributed by atoms with van der Waals surface area (Å²) in [5.74, 6) is -0.411. The predicted octanol–water partition coefficient (Wildman–Crippen LogP) is 2.25. The van der Waals surface area contributed by atoms with Crippen molar-refractivity contribution in [3.05, 3.63) is 34.6 Å². The number of ether oxygens (including phenoxy) is 1. The molecule has 100 valence electrons. The first kappa shape index (κ1) is 13.7. The fourth-order valence-corrected chi connectivity index (χ4v) is 2.26. The Balaban J connectivity index is 1.96. The lowest BCUT2D eigenvalue weighted by atomic mass is 10.1. The highest BCUT2D eigenvalue weighted by Gasteiger charge is 2.18. The van der Waals surface area contributed by atoms with Crippen molar-refractivity contribution in [2.24, 2.45) is 5.73 Å². The molecular weight excluding hydrogens is 255 g/mol. The minimum atomic E-state index is -0.411. The van der Waals surface area contributed by atoms with Crippen LogP contribution in [0.5, 0.6) is 0 Å². The Morgan fingerprint density at radius 2 is 2.39 bits per heavy atom. The van der Waals surface area contributed by atoms with Crippen molar-refractivity contribution in [1.29, 1.82) is 0 Å². The molecule has 1 aromatic rings. The highest BCUT2D eigenvalue weighted by atomic mass is 35.5. The average molecular weight is 273 g/mol. The molecule has 1 heterocycles. The minimum absolute atomic E-state index is 0.0685. The van der Waals surface area contributed by atoms with Gasteiger partial charge in [0.05, 0.1) is 11.1 Å². The van der Waals surface area contributed by atoms with Crippen LogP contribution >= 0.6 is 11.6 Å². The SMILES string of the molecule is NCC(NCC1CCCO1)c1ccc(Cl)c(F)c1. The number of hydrogen-bond donors (Lipinski definition) is 2. The molecule has 18 heavy (non-hydrogen) atoms. The zero-order valence-electron chi connectivity index (χ0n) is 10.2. The van der Waals surface area contributed by atoms with Crippen LogP contribution in [0.1, 0.15) is 24.4 Å². The largest absolute Gasteiger partial charge is 0.377 e. The van der Waals surface area contributed by atoms with Gasteiger partial charge in [-0.25, -0.2) is 4.39 Å². The molecule has 0 aromatic heterocycles. The van der Waals surface area contributed by atoms with E-state index in [4.69, 9.17) is 22.1 Å². The van der Waals surface area contributed by atoms with Crippen molar-refractivity contribution in [2.75, 3.05) is 19.7 Å². The number of benzene rings is 1. The zero-order chi connectivity index (χ0) is 13.0. The molecule has 2 rings (SSSR count). The van der Waals surface area contributed by atoms with E-state index in [0.717, 1.165) is 31.6 Å². The maximum atomic E-state index is 13.4. The van der Waals surface area contributed by atoms with E-state index in [1.807, 2.05) is 0 Å². The van der Waals surface area contributed by atoms with Crippen LogP contribution in [0.3, 0.4) is 0 Å². The van der Waals surface area contributed by atoms with Gasteiger partial charge in [-0.2, -0.15) is 0 Å². The van der Waals surface area contributed by atoms with Gasteiger partial charge in [0.15, 0.2) is 0 Å². The van der Waals surface area contributed by atoms with Gasteiger partial charge in [0.2, 0.25) is 0 Å². The Morgan fingerprint density at radius 3 is 3.00 bits per heavy atom. The van der Waals surface area contributed by atoms with Crippen LogP contribution in [0.4, 0.5) is 4.39 Å². The van der Waals surface area contributed by atoms with Crippen molar-refractivity contribution in [3.8, 4) is 0 Å². The van der Waals surface area contributed by atoms with Crippen LogP contribution in [0.25, 0.3) is 0 Å². The normalized spacial score (nSPS) is 21.2. The third-order valence-corrected chi connectivity index (χ3v) is 3.50. The van der Waals surface area contributed by atoms with Crippen LogP contribution < -0.4 is 11.1 Å². The van der Waals surface area contributed by atoms with Gasteiger partial charge in [0.1, 0.15) is 5.82 Å². The molecule has 2 unspecified atom stereocenters. The minimum Gasteiger partial charge on any atom is -0.377 e. The molecule has 3 nitrogen and oxygen atoms in total. The molecule has 1 aromatic carbocycles. The molecule has 0 spiro atoms. The topological polar surface area (TPSA) is 47.3 Å². The van der Waals surface area contributed by atoms with Crippen molar-refractivity contribution < 1.29 is 9.13 Å². The molecule has 1 fully saturated rings.